The molecule has 0 N–H and O–H groups in total. The predicted octanol–water partition coefficient (Wildman–Crippen LogP) is 5.07. The third kappa shape index (κ3) is 13.7. The fraction of sp³-hybridized carbons (Fsp3) is 1.00. The molecule has 7 heteroatoms. The Bertz CT molecular complexity index is 250. The minimum atomic E-state index is -2.38. The van der Waals surface area contributed by atoms with Gasteiger partial charge in [-0.25, -0.2) is 0 Å². The summed E-state index contributed by atoms with van der Waals surface area (Å²) in [4.78, 5) is 0. The van der Waals surface area contributed by atoms with Gasteiger partial charge in [-0.2, -0.15) is 0 Å². The molecule has 0 aliphatic rings. The van der Waals surface area contributed by atoms with Crippen molar-refractivity contribution < 1.29 is 12.3 Å². The van der Waals surface area contributed by atoms with Crippen molar-refractivity contribution in [1.82, 2.24) is 0 Å². The molecule has 0 heterocycles. The maximum absolute atomic E-state index is 6.42. The van der Waals surface area contributed by atoms with Crippen LogP contribution < -0.4 is 0 Å². The highest BCUT2D eigenvalue weighted by molar-refractivity contribution is 6.79. The summed E-state index contributed by atoms with van der Waals surface area (Å²) in [6.45, 7) is 15.7. The average Bonchev–Trinajstić information content (AvgIpc) is 2.39. The van der Waals surface area contributed by atoms with Gasteiger partial charge in [0.05, 0.1) is 0 Å². The van der Waals surface area contributed by atoms with E-state index < -0.39 is 35.9 Å². The Morgan fingerprint density at radius 1 is 0.565 bits per heavy atom. The number of unbranched alkanes of at least 4 members (excludes halogenated alkanes) is 7. The molecule has 23 heavy (non-hydrogen) atoms. The molecule has 0 aliphatic carbocycles. The molecule has 0 aromatic heterocycles. The number of hydrogen-bond donors (Lipinski definition) is 0. The highest BCUT2D eigenvalue weighted by Gasteiger charge is 2.42. The standard InChI is InChI=1S/C16H42O3Si4/c1-8-9-10-11-12-13-14-15-16-23(17-20(2)3,18-21(4)5)19-22(6)7/h20-22H,8-16H2,1-7H3. The average molecular weight is 395 g/mol. The minimum absolute atomic E-state index is 1.05. The second-order valence-electron chi connectivity index (χ2n) is 7.41. The Hall–Kier alpha value is 0.748. The summed E-state index contributed by atoms with van der Waals surface area (Å²) < 4.78 is 19.3. The molecule has 0 aromatic carbocycles. The SMILES string of the molecule is CCCCCCCCCC[Si](O[SiH](C)C)(O[SiH](C)C)O[SiH](C)C. The summed E-state index contributed by atoms with van der Waals surface area (Å²) in [7, 11) is -5.79. The van der Waals surface area contributed by atoms with Gasteiger partial charge in [-0.3, -0.25) is 0 Å². The fourth-order valence-corrected chi connectivity index (χ4v) is 15.7. The van der Waals surface area contributed by atoms with Crippen LogP contribution in [0.4, 0.5) is 0 Å². The van der Waals surface area contributed by atoms with E-state index in [1.165, 1.54) is 51.4 Å². The molecule has 0 saturated carbocycles. The van der Waals surface area contributed by atoms with Crippen LogP contribution in [0.25, 0.3) is 0 Å². The molecule has 3 nitrogen and oxygen atoms in total. The van der Waals surface area contributed by atoms with Crippen molar-refractivity contribution in [2.75, 3.05) is 0 Å². The van der Waals surface area contributed by atoms with Gasteiger partial charge in [0, 0.05) is 6.04 Å². The van der Waals surface area contributed by atoms with Gasteiger partial charge in [-0.1, -0.05) is 51.9 Å². The smallest absolute Gasteiger partial charge is 0.420 e. The Kier molecular flexibility index (Phi) is 14.4. The molecule has 0 spiro atoms. The van der Waals surface area contributed by atoms with Crippen molar-refractivity contribution in [3.8, 4) is 0 Å². The van der Waals surface area contributed by atoms with Crippen molar-refractivity contribution in [1.29, 1.82) is 0 Å². The Morgan fingerprint density at radius 2 is 0.913 bits per heavy atom. The molecule has 0 fully saturated rings. The highest BCUT2D eigenvalue weighted by atomic mass is 28.5. The van der Waals surface area contributed by atoms with E-state index in [0.29, 0.717) is 0 Å². The minimum Gasteiger partial charge on any atom is -0.420 e. The molecule has 0 aliphatic heterocycles. The molecule has 0 radical (unpaired) electrons. The third-order valence-electron chi connectivity index (χ3n) is 3.58. The summed E-state index contributed by atoms with van der Waals surface area (Å²) in [5, 5.41) is 0. The molecule has 0 rings (SSSR count). The summed E-state index contributed by atoms with van der Waals surface area (Å²) in [6.07, 6.45) is 10.8. The van der Waals surface area contributed by atoms with Crippen LogP contribution in [0.2, 0.25) is 45.3 Å². The van der Waals surface area contributed by atoms with Crippen LogP contribution in [-0.4, -0.2) is 35.9 Å². The van der Waals surface area contributed by atoms with Gasteiger partial charge < -0.3 is 12.3 Å². The lowest BCUT2D eigenvalue weighted by Gasteiger charge is -2.35. The molecule has 0 aromatic rings. The quantitative estimate of drug-likeness (QED) is 0.287. The topological polar surface area (TPSA) is 27.7 Å². The van der Waals surface area contributed by atoms with E-state index in [1.807, 2.05) is 0 Å². The summed E-state index contributed by atoms with van der Waals surface area (Å²) in [6, 6.07) is 1.05. The van der Waals surface area contributed by atoms with Crippen molar-refractivity contribution in [3.63, 3.8) is 0 Å². The van der Waals surface area contributed by atoms with Crippen molar-refractivity contribution >= 4 is 35.9 Å². The maximum Gasteiger partial charge on any atom is 0.468 e. The number of hydrogen-bond acceptors (Lipinski definition) is 3. The zero-order valence-corrected chi connectivity index (χ0v) is 21.3. The van der Waals surface area contributed by atoms with E-state index >= 15 is 0 Å². The Labute approximate surface area is 152 Å². The van der Waals surface area contributed by atoms with Crippen molar-refractivity contribution in [3.05, 3.63) is 0 Å². The van der Waals surface area contributed by atoms with Crippen LogP contribution in [0.1, 0.15) is 58.3 Å². The summed E-state index contributed by atoms with van der Waals surface area (Å²) in [5.41, 5.74) is 0. The Balaban J connectivity index is 4.32. The van der Waals surface area contributed by atoms with E-state index in [0.717, 1.165) is 6.04 Å². The van der Waals surface area contributed by atoms with Gasteiger partial charge in [0.2, 0.25) is 0 Å². The third-order valence-corrected chi connectivity index (χ3v) is 14.5. The van der Waals surface area contributed by atoms with Gasteiger partial charge in [0.1, 0.15) is 0 Å². The first-order chi connectivity index (χ1) is 10.8. The van der Waals surface area contributed by atoms with Crippen LogP contribution in [0.5, 0.6) is 0 Å². The van der Waals surface area contributed by atoms with E-state index in [1.54, 1.807) is 0 Å². The largest absolute Gasteiger partial charge is 0.468 e. The molecular weight excluding hydrogens is 353 g/mol. The van der Waals surface area contributed by atoms with Gasteiger partial charge in [-0.05, 0) is 45.7 Å². The summed E-state index contributed by atoms with van der Waals surface area (Å²) in [5.74, 6) is 0. The molecule has 0 amide bonds. The van der Waals surface area contributed by atoms with Crippen molar-refractivity contribution in [2.24, 2.45) is 0 Å². The first-order valence-electron chi connectivity index (χ1n) is 9.84. The van der Waals surface area contributed by atoms with E-state index in [9.17, 15) is 0 Å². The maximum atomic E-state index is 6.42. The Morgan fingerprint density at radius 3 is 1.26 bits per heavy atom. The molecule has 0 bridgehead atoms. The molecule has 0 atom stereocenters. The fourth-order valence-electron chi connectivity index (χ4n) is 2.81. The normalized spacial score (nSPS) is 12.8. The van der Waals surface area contributed by atoms with E-state index in [-0.39, 0.29) is 0 Å². The lowest BCUT2D eigenvalue weighted by atomic mass is 10.1. The second-order valence-corrected chi connectivity index (χ2v) is 18.4. The predicted molar refractivity (Wildman–Crippen MR) is 113 cm³/mol. The first-order valence-corrected chi connectivity index (χ1v) is 20.1. The molecule has 140 valence electrons. The first kappa shape index (κ1) is 23.7. The van der Waals surface area contributed by atoms with Crippen LogP contribution in [0, 0.1) is 0 Å². The van der Waals surface area contributed by atoms with Gasteiger partial charge in [0.25, 0.3) is 0 Å². The zero-order chi connectivity index (χ0) is 17.7. The van der Waals surface area contributed by atoms with Gasteiger partial charge >= 0.3 is 8.80 Å². The van der Waals surface area contributed by atoms with Gasteiger partial charge in [-0.15, -0.1) is 0 Å². The molecule has 0 unspecified atom stereocenters. The number of rotatable bonds is 15. The molecule has 0 saturated heterocycles. The summed E-state index contributed by atoms with van der Waals surface area (Å²) >= 11 is 0. The van der Waals surface area contributed by atoms with E-state index in [2.05, 4.69) is 46.2 Å². The zero-order valence-electron chi connectivity index (χ0n) is 16.8. The monoisotopic (exact) mass is 394 g/mol. The lowest BCUT2D eigenvalue weighted by Crippen LogP contribution is -2.53. The van der Waals surface area contributed by atoms with E-state index in [4.69, 9.17) is 12.3 Å². The van der Waals surface area contributed by atoms with Crippen molar-refractivity contribution in [2.45, 2.75) is 104 Å². The van der Waals surface area contributed by atoms with Crippen LogP contribution >= 0.6 is 0 Å². The lowest BCUT2D eigenvalue weighted by molar-refractivity contribution is 0.266. The van der Waals surface area contributed by atoms with Crippen LogP contribution in [0.3, 0.4) is 0 Å². The van der Waals surface area contributed by atoms with Crippen LogP contribution in [0.15, 0.2) is 0 Å². The van der Waals surface area contributed by atoms with Gasteiger partial charge in [0.15, 0.2) is 27.1 Å². The second kappa shape index (κ2) is 14.0. The van der Waals surface area contributed by atoms with Crippen LogP contribution in [-0.2, 0) is 12.3 Å². The molecular formula is C16H42O3Si4. The highest BCUT2D eigenvalue weighted by Crippen LogP contribution is 2.23.